The van der Waals surface area contributed by atoms with Crippen LogP contribution >= 0.6 is 11.8 Å². The second kappa shape index (κ2) is 5.78. The summed E-state index contributed by atoms with van der Waals surface area (Å²) in [6.07, 6.45) is 2.32. The van der Waals surface area contributed by atoms with Crippen LogP contribution in [-0.4, -0.2) is 29.3 Å². The molecule has 1 aliphatic heterocycles. The van der Waals surface area contributed by atoms with Crippen LogP contribution in [0.2, 0.25) is 0 Å². The van der Waals surface area contributed by atoms with E-state index in [1.165, 1.54) is 12.1 Å². The number of nitrogens with one attached hydrogen (secondary N) is 1. The van der Waals surface area contributed by atoms with Gasteiger partial charge in [-0.05, 0) is 42.7 Å². The Hall–Kier alpha value is -1.63. The normalized spacial score (nSPS) is 20.8. The maximum Gasteiger partial charge on any atom is 0.387 e. The number of hydrogen-bond donors (Lipinski definition) is 1. The van der Waals surface area contributed by atoms with Gasteiger partial charge < -0.3 is 4.74 Å². The SMILES string of the molecule is FC(F)Oc1ccc(C2=NNC(=NC3CC3)SC2)cc1. The van der Waals surface area contributed by atoms with Gasteiger partial charge >= 0.3 is 6.61 Å². The first kappa shape index (κ1) is 13.4. The molecule has 4 nitrogen and oxygen atoms in total. The zero-order chi connectivity index (χ0) is 13.9. The van der Waals surface area contributed by atoms with Crippen LogP contribution in [-0.2, 0) is 0 Å². The first-order chi connectivity index (χ1) is 9.70. The van der Waals surface area contributed by atoms with E-state index in [-0.39, 0.29) is 5.75 Å². The second-order valence-electron chi connectivity index (χ2n) is 4.53. The van der Waals surface area contributed by atoms with Crippen molar-refractivity contribution >= 4 is 22.6 Å². The minimum atomic E-state index is -2.80. The van der Waals surface area contributed by atoms with E-state index in [1.807, 2.05) is 0 Å². The molecular formula is C13H13F2N3OS. The number of hydrazone groups is 1. The van der Waals surface area contributed by atoms with Gasteiger partial charge in [0.05, 0.1) is 11.8 Å². The lowest BCUT2D eigenvalue weighted by Crippen LogP contribution is -2.25. The van der Waals surface area contributed by atoms with Crippen LogP contribution in [0.3, 0.4) is 0 Å². The van der Waals surface area contributed by atoms with Crippen LogP contribution in [0.4, 0.5) is 8.78 Å². The van der Waals surface area contributed by atoms with Gasteiger partial charge in [-0.3, -0.25) is 10.4 Å². The van der Waals surface area contributed by atoms with Crippen LogP contribution in [0.1, 0.15) is 18.4 Å². The lowest BCUT2D eigenvalue weighted by molar-refractivity contribution is -0.0498. The number of benzene rings is 1. The van der Waals surface area contributed by atoms with E-state index in [1.54, 1.807) is 23.9 Å². The summed E-state index contributed by atoms with van der Waals surface area (Å²) in [6, 6.07) is 6.95. The zero-order valence-electron chi connectivity index (χ0n) is 10.6. The molecule has 0 unspecified atom stereocenters. The van der Waals surface area contributed by atoms with E-state index >= 15 is 0 Å². The van der Waals surface area contributed by atoms with Crippen LogP contribution in [0.15, 0.2) is 34.4 Å². The largest absolute Gasteiger partial charge is 0.435 e. The Morgan fingerprint density at radius 2 is 2.05 bits per heavy atom. The predicted octanol–water partition coefficient (Wildman–Crippen LogP) is 2.85. The third-order valence-electron chi connectivity index (χ3n) is 2.89. The minimum absolute atomic E-state index is 0.150. The average Bonchev–Trinajstić information content (AvgIpc) is 3.24. The van der Waals surface area contributed by atoms with E-state index in [4.69, 9.17) is 0 Å². The van der Waals surface area contributed by atoms with Crippen molar-refractivity contribution in [3.8, 4) is 5.75 Å². The zero-order valence-corrected chi connectivity index (χ0v) is 11.4. The number of thioether (sulfide) groups is 1. The molecule has 0 bridgehead atoms. The molecule has 3 rings (SSSR count). The Labute approximate surface area is 119 Å². The molecule has 2 aliphatic rings. The molecule has 7 heteroatoms. The van der Waals surface area contributed by atoms with Crippen LogP contribution in [0.5, 0.6) is 5.75 Å². The molecule has 1 heterocycles. The van der Waals surface area contributed by atoms with Gasteiger partial charge in [-0.2, -0.15) is 13.9 Å². The molecule has 1 fully saturated rings. The van der Waals surface area contributed by atoms with Gasteiger partial charge in [0.25, 0.3) is 0 Å². The Morgan fingerprint density at radius 3 is 2.60 bits per heavy atom. The molecule has 1 N–H and O–H groups in total. The van der Waals surface area contributed by atoms with E-state index in [2.05, 4.69) is 20.3 Å². The summed E-state index contributed by atoms with van der Waals surface area (Å²) in [7, 11) is 0. The summed E-state index contributed by atoms with van der Waals surface area (Å²) in [6.45, 7) is -2.80. The Balaban J connectivity index is 1.65. The third-order valence-corrected chi connectivity index (χ3v) is 3.78. The summed E-state index contributed by atoms with van der Waals surface area (Å²) in [5, 5.41) is 5.13. The van der Waals surface area contributed by atoms with Crippen LogP contribution < -0.4 is 10.2 Å². The molecule has 0 radical (unpaired) electrons. The number of aliphatic imine (C=N–C) groups is 1. The van der Waals surface area contributed by atoms with Crippen molar-refractivity contribution in [1.82, 2.24) is 5.43 Å². The van der Waals surface area contributed by atoms with Gasteiger partial charge in [-0.25, -0.2) is 0 Å². The number of ether oxygens (including phenoxy) is 1. The molecule has 0 amide bonds. The molecule has 1 aromatic carbocycles. The van der Waals surface area contributed by atoms with Gasteiger partial charge in [-0.15, -0.1) is 0 Å². The fourth-order valence-electron chi connectivity index (χ4n) is 1.73. The van der Waals surface area contributed by atoms with Gasteiger partial charge in [0.15, 0.2) is 5.17 Å². The second-order valence-corrected chi connectivity index (χ2v) is 5.49. The summed E-state index contributed by atoms with van der Waals surface area (Å²) in [5.41, 5.74) is 4.69. The fourth-order valence-corrected chi connectivity index (χ4v) is 2.57. The average molecular weight is 297 g/mol. The van der Waals surface area contributed by atoms with Crippen LogP contribution in [0, 0.1) is 0 Å². The third kappa shape index (κ3) is 3.47. The number of amidine groups is 1. The quantitative estimate of drug-likeness (QED) is 0.929. The van der Waals surface area contributed by atoms with Gasteiger partial charge in [-0.1, -0.05) is 11.8 Å². The molecule has 0 saturated heterocycles. The van der Waals surface area contributed by atoms with Crippen molar-refractivity contribution in [3.63, 3.8) is 0 Å². The number of alkyl halides is 2. The standard InChI is InChI=1S/C13H13F2N3OS/c14-12(15)19-10-5-1-8(2-6-10)11-7-20-13(18-17-11)16-9-3-4-9/h1-2,5-6,9,12H,3-4,7H2,(H,16,18). The summed E-state index contributed by atoms with van der Waals surface area (Å²) < 4.78 is 28.4. The van der Waals surface area contributed by atoms with E-state index in [0.717, 1.165) is 29.3 Å². The highest BCUT2D eigenvalue weighted by Crippen LogP contribution is 2.26. The Bertz CT molecular complexity index is 541. The molecule has 0 atom stereocenters. The molecule has 1 aliphatic carbocycles. The molecule has 1 saturated carbocycles. The lowest BCUT2D eigenvalue weighted by Gasteiger charge is -2.15. The smallest absolute Gasteiger partial charge is 0.387 e. The molecule has 106 valence electrons. The van der Waals surface area contributed by atoms with Crippen molar-refractivity contribution in [2.45, 2.75) is 25.5 Å². The fraction of sp³-hybridized carbons (Fsp3) is 0.385. The highest BCUT2D eigenvalue weighted by atomic mass is 32.2. The van der Waals surface area contributed by atoms with E-state index < -0.39 is 6.61 Å². The van der Waals surface area contributed by atoms with Crippen molar-refractivity contribution in [2.75, 3.05) is 5.75 Å². The molecular weight excluding hydrogens is 284 g/mol. The maximum atomic E-state index is 12.1. The monoisotopic (exact) mass is 297 g/mol. The number of rotatable bonds is 4. The van der Waals surface area contributed by atoms with E-state index in [9.17, 15) is 8.78 Å². The highest BCUT2D eigenvalue weighted by molar-refractivity contribution is 8.14. The Morgan fingerprint density at radius 1 is 1.30 bits per heavy atom. The van der Waals surface area contributed by atoms with Gasteiger partial charge in [0.2, 0.25) is 0 Å². The number of hydrogen-bond acceptors (Lipinski definition) is 4. The van der Waals surface area contributed by atoms with Gasteiger partial charge in [0, 0.05) is 5.75 Å². The molecule has 0 spiro atoms. The summed E-state index contributed by atoms with van der Waals surface area (Å²) in [4.78, 5) is 4.48. The number of nitrogens with zero attached hydrogens (tertiary/aromatic N) is 2. The Kier molecular flexibility index (Phi) is 3.86. The van der Waals surface area contributed by atoms with E-state index in [0.29, 0.717) is 11.8 Å². The van der Waals surface area contributed by atoms with Crippen LogP contribution in [0.25, 0.3) is 0 Å². The molecule has 20 heavy (non-hydrogen) atoms. The van der Waals surface area contributed by atoms with Gasteiger partial charge in [0.1, 0.15) is 5.75 Å². The maximum absolute atomic E-state index is 12.1. The van der Waals surface area contributed by atoms with Crippen molar-refractivity contribution in [2.24, 2.45) is 10.1 Å². The predicted molar refractivity (Wildman–Crippen MR) is 75.7 cm³/mol. The first-order valence-electron chi connectivity index (χ1n) is 6.29. The van der Waals surface area contributed by atoms with Crippen molar-refractivity contribution in [3.05, 3.63) is 29.8 Å². The first-order valence-corrected chi connectivity index (χ1v) is 7.28. The number of halogens is 2. The highest BCUT2D eigenvalue weighted by Gasteiger charge is 2.22. The summed E-state index contributed by atoms with van der Waals surface area (Å²) >= 11 is 1.61. The summed E-state index contributed by atoms with van der Waals surface area (Å²) in [5.74, 6) is 0.866. The van der Waals surface area contributed by atoms with Crippen molar-refractivity contribution < 1.29 is 13.5 Å². The van der Waals surface area contributed by atoms with Crippen molar-refractivity contribution in [1.29, 1.82) is 0 Å². The molecule has 1 aromatic rings. The minimum Gasteiger partial charge on any atom is -0.435 e. The topological polar surface area (TPSA) is 46.0 Å². The molecule has 0 aromatic heterocycles. The lowest BCUT2D eigenvalue weighted by atomic mass is 10.1.